The van der Waals surface area contributed by atoms with Crippen molar-refractivity contribution in [3.05, 3.63) is 12.4 Å². The van der Waals surface area contributed by atoms with Crippen molar-refractivity contribution >= 4 is 6.34 Å². The highest BCUT2D eigenvalue weighted by molar-refractivity contribution is 5.51. The zero-order valence-electron chi connectivity index (χ0n) is 8.16. The molecule has 0 atom stereocenters. The van der Waals surface area contributed by atoms with Crippen molar-refractivity contribution in [1.82, 2.24) is 0 Å². The standard InChI is InChI=1S/C9H17N2.BrH/c1-8(2)11(9(3)4)6-5-10-7-11;/h5-9H,1-4H3;1H/q+1;/p-1. The fourth-order valence-corrected chi connectivity index (χ4v) is 1.55. The number of aliphatic imine (C=N–C) groups is 1. The van der Waals surface area contributed by atoms with E-state index < -0.39 is 0 Å². The Bertz CT molecular complexity index is 173. The van der Waals surface area contributed by atoms with E-state index in [1.165, 1.54) is 0 Å². The van der Waals surface area contributed by atoms with Gasteiger partial charge in [-0.2, -0.15) is 0 Å². The molecule has 0 N–H and O–H groups in total. The molecule has 0 saturated heterocycles. The predicted octanol–water partition coefficient (Wildman–Crippen LogP) is -0.863. The zero-order chi connectivity index (χ0) is 8.48. The van der Waals surface area contributed by atoms with Crippen LogP contribution in [-0.4, -0.2) is 22.9 Å². The fourth-order valence-electron chi connectivity index (χ4n) is 1.55. The molecule has 12 heavy (non-hydrogen) atoms. The summed E-state index contributed by atoms with van der Waals surface area (Å²) in [5, 5.41) is 0. The maximum atomic E-state index is 4.15. The van der Waals surface area contributed by atoms with Crippen LogP contribution in [0, 0.1) is 0 Å². The Morgan fingerprint density at radius 1 is 1.08 bits per heavy atom. The van der Waals surface area contributed by atoms with Gasteiger partial charge in [0.1, 0.15) is 6.20 Å². The van der Waals surface area contributed by atoms with Gasteiger partial charge < -0.3 is 17.0 Å². The average molecular weight is 233 g/mol. The molecule has 0 saturated carbocycles. The molecule has 3 heteroatoms. The molecule has 0 amide bonds. The number of nitrogens with zero attached hydrogens (tertiary/aromatic N) is 2. The average Bonchev–Trinajstić information content (AvgIpc) is 2.34. The summed E-state index contributed by atoms with van der Waals surface area (Å²) in [7, 11) is 0. The Kier molecular flexibility index (Phi) is 4.14. The Balaban J connectivity index is 0.00000121. The molecule has 0 radical (unpaired) electrons. The highest BCUT2D eigenvalue weighted by Crippen LogP contribution is 2.21. The lowest BCUT2D eigenvalue weighted by Gasteiger charge is -2.35. The summed E-state index contributed by atoms with van der Waals surface area (Å²) in [5.74, 6) is 0. The number of hydrogen-bond donors (Lipinski definition) is 0. The fraction of sp³-hybridized carbons (Fsp3) is 0.667. The van der Waals surface area contributed by atoms with Gasteiger partial charge in [0.2, 0.25) is 0 Å². The third-order valence-corrected chi connectivity index (χ3v) is 2.47. The minimum absolute atomic E-state index is 0. The van der Waals surface area contributed by atoms with Crippen LogP contribution in [0.3, 0.4) is 0 Å². The van der Waals surface area contributed by atoms with E-state index >= 15 is 0 Å². The molecule has 1 rings (SSSR count). The molecular formula is C9H17BrN2. The highest BCUT2D eigenvalue weighted by atomic mass is 79.9. The van der Waals surface area contributed by atoms with Gasteiger partial charge in [0.25, 0.3) is 0 Å². The Labute approximate surface area is 85.3 Å². The summed E-state index contributed by atoms with van der Waals surface area (Å²) in [6.07, 6.45) is 6.07. The second-order valence-corrected chi connectivity index (χ2v) is 3.64. The molecule has 0 aromatic carbocycles. The lowest BCUT2D eigenvalue weighted by Crippen LogP contribution is -3.00. The van der Waals surface area contributed by atoms with Crippen molar-refractivity contribution in [2.45, 2.75) is 39.8 Å². The maximum absolute atomic E-state index is 4.15. The summed E-state index contributed by atoms with van der Waals surface area (Å²) < 4.78 is 0.889. The van der Waals surface area contributed by atoms with E-state index in [2.05, 4.69) is 38.9 Å². The number of quaternary nitrogens is 1. The van der Waals surface area contributed by atoms with Crippen molar-refractivity contribution < 1.29 is 21.5 Å². The predicted molar refractivity (Wildman–Crippen MR) is 48.2 cm³/mol. The van der Waals surface area contributed by atoms with E-state index in [1.54, 1.807) is 0 Å². The first kappa shape index (κ1) is 11.8. The molecule has 1 aliphatic rings. The summed E-state index contributed by atoms with van der Waals surface area (Å²) in [4.78, 5) is 4.15. The smallest absolute Gasteiger partial charge is 0.195 e. The van der Waals surface area contributed by atoms with Gasteiger partial charge in [-0.05, 0) is 27.7 Å². The highest BCUT2D eigenvalue weighted by Gasteiger charge is 2.33. The van der Waals surface area contributed by atoms with Gasteiger partial charge in [-0.3, -0.25) is 0 Å². The van der Waals surface area contributed by atoms with Crippen LogP contribution >= 0.6 is 0 Å². The van der Waals surface area contributed by atoms with Gasteiger partial charge in [0.05, 0.1) is 18.3 Å². The van der Waals surface area contributed by atoms with Crippen molar-refractivity contribution in [3.63, 3.8) is 0 Å². The summed E-state index contributed by atoms with van der Waals surface area (Å²) in [6, 6.07) is 1.16. The largest absolute Gasteiger partial charge is 1.00 e. The first-order valence-corrected chi connectivity index (χ1v) is 4.19. The second kappa shape index (κ2) is 4.19. The van der Waals surface area contributed by atoms with Gasteiger partial charge in [0, 0.05) is 0 Å². The summed E-state index contributed by atoms with van der Waals surface area (Å²) >= 11 is 0. The SMILES string of the molecule is CC(C)[N+]1(C(C)C)C=CN=C1.[Br-]. The minimum atomic E-state index is 0. The van der Waals surface area contributed by atoms with Crippen LogP contribution in [0.1, 0.15) is 27.7 Å². The topological polar surface area (TPSA) is 12.4 Å². The normalized spacial score (nSPS) is 18.8. The Morgan fingerprint density at radius 3 is 1.75 bits per heavy atom. The monoisotopic (exact) mass is 232 g/mol. The first-order valence-electron chi connectivity index (χ1n) is 4.19. The molecule has 0 bridgehead atoms. The van der Waals surface area contributed by atoms with E-state index in [4.69, 9.17) is 0 Å². The first-order chi connectivity index (χ1) is 5.09. The molecule has 0 fully saturated rings. The number of halogens is 1. The van der Waals surface area contributed by atoms with Crippen LogP contribution in [0.25, 0.3) is 0 Å². The molecule has 0 spiro atoms. The lowest BCUT2D eigenvalue weighted by molar-refractivity contribution is -0.826. The van der Waals surface area contributed by atoms with E-state index in [0.29, 0.717) is 12.1 Å². The van der Waals surface area contributed by atoms with Crippen LogP contribution in [0.5, 0.6) is 0 Å². The molecule has 0 aliphatic carbocycles. The Morgan fingerprint density at radius 2 is 1.58 bits per heavy atom. The summed E-state index contributed by atoms with van der Waals surface area (Å²) in [6.45, 7) is 8.90. The van der Waals surface area contributed by atoms with E-state index in [9.17, 15) is 0 Å². The lowest BCUT2D eigenvalue weighted by atomic mass is 10.2. The van der Waals surface area contributed by atoms with Gasteiger partial charge in [-0.15, -0.1) is 0 Å². The van der Waals surface area contributed by atoms with Gasteiger partial charge >= 0.3 is 0 Å². The third-order valence-electron chi connectivity index (χ3n) is 2.47. The van der Waals surface area contributed by atoms with Crippen LogP contribution in [0.15, 0.2) is 17.4 Å². The van der Waals surface area contributed by atoms with Crippen LogP contribution in [0.4, 0.5) is 0 Å². The molecule has 0 aromatic heterocycles. The van der Waals surface area contributed by atoms with Gasteiger partial charge in [-0.1, -0.05) is 0 Å². The molecule has 70 valence electrons. The van der Waals surface area contributed by atoms with E-state index in [1.807, 2.05) is 12.5 Å². The molecule has 1 heterocycles. The van der Waals surface area contributed by atoms with Crippen LogP contribution < -0.4 is 17.0 Å². The quantitative estimate of drug-likeness (QED) is 0.550. The van der Waals surface area contributed by atoms with Gasteiger partial charge in [0.15, 0.2) is 6.34 Å². The van der Waals surface area contributed by atoms with Crippen molar-refractivity contribution in [2.75, 3.05) is 0 Å². The van der Waals surface area contributed by atoms with E-state index in [0.717, 1.165) is 4.48 Å². The molecular weight excluding hydrogens is 216 g/mol. The molecule has 0 unspecified atom stereocenters. The van der Waals surface area contributed by atoms with Crippen molar-refractivity contribution in [1.29, 1.82) is 0 Å². The second-order valence-electron chi connectivity index (χ2n) is 3.64. The zero-order valence-corrected chi connectivity index (χ0v) is 9.75. The third kappa shape index (κ3) is 1.77. The summed E-state index contributed by atoms with van der Waals surface area (Å²) in [5.41, 5.74) is 0. The number of rotatable bonds is 2. The Hall–Kier alpha value is -0.150. The van der Waals surface area contributed by atoms with Crippen LogP contribution in [-0.2, 0) is 0 Å². The van der Waals surface area contributed by atoms with Crippen molar-refractivity contribution in [2.24, 2.45) is 4.99 Å². The molecule has 2 nitrogen and oxygen atoms in total. The molecule has 1 aliphatic heterocycles. The number of hydrogen-bond acceptors (Lipinski definition) is 1. The molecule has 0 aromatic rings. The minimum Gasteiger partial charge on any atom is -1.00 e. The maximum Gasteiger partial charge on any atom is 0.195 e. The van der Waals surface area contributed by atoms with Crippen LogP contribution in [0.2, 0.25) is 0 Å². The van der Waals surface area contributed by atoms with E-state index in [-0.39, 0.29) is 17.0 Å². The van der Waals surface area contributed by atoms with Gasteiger partial charge in [-0.25, -0.2) is 9.48 Å². The van der Waals surface area contributed by atoms with Crippen molar-refractivity contribution in [3.8, 4) is 0 Å².